The Morgan fingerprint density at radius 3 is 2.61 bits per heavy atom. The van der Waals surface area contributed by atoms with Gasteiger partial charge in [-0.05, 0) is 50.5 Å². The Labute approximate surface area is 259 Å². The fourth-order valence-electron chi connectivity index (χ4n) is 5.41. The Kier molecular flexibility index (Phi) is 7.97. The Bertz CT molecular complexity index is 1710. The van der Waals surface area contributed by atoms with Crippen LogP contribution in [0.1, 0.15) is 5.56 Å². The van der Waals surface area contributed by atoms with Gasteiger partial charge in [-0.15, -0.1) is 0 Å². The first-order valence-electron chi connectivity index (χ1n) is 13.9. The van der Waals surface area contributed by atoms with Crippen molar-refractivity contribution in [3.63, 3.8) is 0 Å². The van der Waals surface area contributed by atoms with Gasteiger partial charge in [0.05, 0.1) is 54.7 Å². The quantitative estimate of drug-likeness (QED) is 0.240. The number of nitrogens with zero attached hydrogens (tertiary/aromatic N) is 6. The third-order valence-electron chi connectivity index (χ3n) is 7.55. The number of nitrogens with one attached hydrogen (secondary N) is 2. The summed E-state index contributed by atoms with van der Waals surface area (Å²) in [7, 11) is 5.49. The minimum absolute atomic E-state index is 0.174. The number of carbonyl (C=O) groups excluding carboxylic acids is 1. The van der Waals surface area contributed by atoms with Crippen molar-refractivity contribution in [3.05, 3.63) is 77.9 Å². The highest BCUT2D eigenvalue weighted by Crippen LogP contribution is 2.46. The number of benzene rings is 2. The van der Waals surface area contributed by atoms with Crippen molar-refractivity contribution >= 4 is 40.5 Å². The number of hydrogen-bond donors (Lipinski definition) is 2. The molecule has 0 aliphatic carbocycles. The Hall–Kier alpha value is -4.52. The maximum atomic E-state index is 13.6. The first-order chi connectivity index (χ1) is 21.2. The predicted octanol–water partition coefficient (Wildman–Crippen LogP) is 4.90. The van der Waals surface area contributed by atoms with Gasteiger partial charge in [0.1, 0.15) is 16.6 Å². The molecule has 2 aromatic heterocycles. The smallest absolute Gasteiger partial charge is 0.247 e. The molecule has 2 saturated heterocycles. The average Bonchev–Trinajstić information content (AvgIpc) is 3.36. The van der Waals surface area contributed by atoms with Crippen molar-refractivity contribution in [2.24, 2.45) is 5.41 Å². The molecule has 44 heavy (non-hydrogen) atoms. The minimum Gasteiger partial charge on any atom is -0.494 e. The van der Waals surface area contributed by atoms with Crippen LogP contribution in [0.2, 0.25) is 5.02 Å². The molecule has 0 saturated carbocycles. The second-order valence-corrected chi connectivity index (χ2v) is 11.7. The fraction of sp³-hybridized carbons (Fsp3) is 0.290. The Morgan fingerprint density at radius 1 is 1.23 bits per heavy atom. The average molecular weight is 619 g/mol. The molecule has 0 bridgehead atoms. The van der Waals surface area contributed by atoms with E-state index in [1.807, 2.05) is 31.3 Å². The number of anilines is 4. The lowest BCUT2D eigenvalue weighted by Crippen LogP contribution is -2.66. The highest BCUT2D eigenvalue weighted by molar-refractivity contribution is 6.32. The number of methoxy groups -OCH3 is 1. The molecule has 4 aromatic rings. The molecule has 2 aliphatic rings. The second kappa shape index (κ2) is 11.9. The fourth-order valence-corrected chi connectivity index (χ4v) is 5.59. The number of halogens is 2. The van der Waals surface area contributed by atoms with E-state index in [0.29, 0.717) is 35.2 Å². The van der Waals surface area contributed by atoms with Crippen LogP contribution in [-0.2, 0) is 16.1 Å². The second-order valence-electron chi connectivity index (χ2n) is 11.3. The van der Waals surface area contributed by atoms with Crippen LogP contribution in [0.4, 0.5) is 27.4 Å². The maximum Gasteiger partial charge on any atom is 0.247 e. The summed E-state index contributed by atoms with van der Waals surface area (Å²) in [4.78, 5) is 25.6. The lowest BCUT2D eigenvalue weighted by atomic mass is 9.77. The van der Waals surface area contributed by atoms with Crippen molar-refractivity contribution in [1.82, 2.24) is 24.6 Å². The molecule has 1 amide bonds. The van der Waals surface area contributed by atoms with E-state index in [-0.39, 0.29) is 28.1 Å². The van der Waals surface area contributed by atoms with E-state index in [2.05, 4.69) is 32.1 Å². The van der Waals surface area contributed by atoms with Crippen LogP contribution in [0.5, 0.6) is 5.75 Å². The van der Waals surface area contributed by atoms with Crippen molar-refractivity contribution in [2.45, 2.75) is 6.54 Å². The SMILES string of the molecule is C=CC(=O)Nc1cc(Nc2ncc(Cl)c(-n3cc(CN(C)C)c(-c4ccc(F)cc4)n3)n2)c(OC)cc1N1CC2(COC2)C1. The Balaban J connectivity index is 1.34. The maximum absolute atomic E-state index is 13.6. The number of hydrogen-bond acceptors (Lipinski definition) is 9. The number of ether oxygens (including phenoxy) is 2. The minimum atomic E-state index is -0.334. The molecule has 11 nitrogen and oxygen atoms in total. The van der Waals surface area contributed by atoms with Crippen LogP contribution in [0.25, 0.3) is 17.1 Å². The van der Waals surface area contributed by atoms with Gasteiger partial charge in [0.15, 0.2) is 5.82 Å². The van der Waals surface area contributed by atoms with Crippen molar-refractivity contribution in [1.29, 1.82) is 0 Å². The largest absolute Gasteiger partial charge is 0.494 e. The van der Waals surface area contributed by atoms with E-state index in [1.54, 1.807) is 30.0 Å². The van der Waals surface area contributed by atoms with Crippen molar-refractivity contribution < 1.29 is 18.7 Å². The van der Waals surface area contributed by atoms with E-state index in [0.717, 1.165) is 43.1 Å². The van der Waals surface area contributed by atoms with Gasteiger partial charge in [0.2, 0.25) is 11.9 Å². The van der Waals surface area contributed by atoms with E-state index in [9.17, 15) is 9.18 Å². The molecule has 4 heterocycles. The third-order valence-corrected chi connectivity index (χ3v) is 7.82. The summed E-state index contributed by atoms with van der Waals surface area (Å²) < 4.78 is 26.4. The normalized spacial score (nSPS) is 15.1. The molecule has 6 rings (SSSR count). The van der Waals surface area contributed by atoms with Gasteiger partial charge in [0.25, 0.3) is 0 Å². The lowest BCUT2D eigenvalue weighted by Gasteiger charge is -2.56. The van der Waals surface area contributed by atoms with E-state index < -0.39 is 0 Å². The summed E-state index contributed by atoms with van der Waals surface area (Å²) in [6.45, 7) is 7.30. The van der Waals surface area contributed by atoms with Crippen LogP contribution >= 0.6 is 11.6 Å². The van der Waals surface area contributed by atoms with Gasteiger partial charge in [-0.25, -0.2) is 14.1 Å². The molecule has 1 spiro atoms. The van der Waals surface area contributed by atoms with E-state index in [4.69, 9.17) is 26.2 Å². The number of carbonyl (C=O) groups is 1. The zero-order chi connectivity index (χ0) is 31.0. The first kappa shape index (κ1) is 29.5. The van der Waals surface area contributed by atoms with Gasteiger partial charge >= 0.3 is 0 Å². The van der Waals surface area contributed by atoms with Gasteiger partial charge < -0.3 is 29.9 Å². The van der Waals surface area contributed by atoms with Gasteiger partial charge in [-0.1, -0.05) is 18.2 Å². The zero-order valence-electron chi connectivity index (χ0n) is 24.6. The summed E-state index contributed by atoms with van der Waals surface area (Å²) in [5.41, 5.74) is 4.49. The molecule has 2 N–H and O–H groups in total. The molecular weight excluding hydrogens is 587 g/mol. The Morgan fingerprint density at radius 2 is 1.98 bits per heavy atom. The van der Waals surface area contributed by atoms with Crippen LogP contribution < -0.4 is 20.3 Å². The van der Waals surface area contributed by atoms with Crippen LogP contribution in [0.15, 0.2) is 61.4 Å². The number of aromatic nitrogens is 4. The predicted molar refractivity (Wildman–Crippen MR) is 168 cm³/mol. The molecule has 2 aromatic carbocycles. The van der Waals surface area contributed by atoms with Crippen molar-refractivity contribution in [3.8, 4) is 22.8 Å². The molecular formula is C31H32ClFN8O3. The molecule has 0 unspecified atom stereocenters. The highest BCUT2D eigenvalue weighted by atomic mass is 35.5. The number of amides is 1. The van der Waals surface area contributed by atoms with Crippen LogP contribution in [0, 0.1) is 11.2 Å². The monoisotopic (exact) mass is 618 g/mol. The summed E-state index contributed by atoms with van der Waals surface area (Å²) >= 11 is 6.57. The highest BCUT2D eigenvalue weighted by Gasteiger charge is 2.49. The molecule has 0 radical (unpaired) electrons. The standard InChI is InChI=1S/C31H32ClFN8O3/c1-5-27(42)35-23-10-24(26(43-4)11-25(23)40-15-31(16-40)17-44-18-31)36-30-34-12-22(32)29(37-30)41-14-20(13-39(2)3)28(38-41)19-6-8-21(33)9-7-19/h5-12,14H,1,13,15-18H2,2-4H3,(H,35,42)(H,34,36,37). The third kappa shape index (κ3) is 5.83. The molecule has 228 valence electrons. The van der Waals surface area contributed by atoms with E-state index >= 15 is 0 Å². The first-order valence-corrected chi connectivity index (χ1v) is 14.3. The summed E-state index contributed by atoms with van der Waals surface area (Å²) in [6.07, 6.45) is 4.56. The van der Waals surface area contributed by atoms with Gasteiger partial charge in [-0.3, -0.25) is 4.79 Å². The van der Waals surface area contributed by atoms with E-state index in [1.165, 1.54) is 24.4 Å². The summed E-state index contributed by atoms with van der Waals surface area (Å²) in [5, 5.41) is 11.2. The van der Waals surface area contributed by atoms with Crippen molar-refractivity contribution in [2.75, 3.05) is 63.0 Å². The molecule has 0 atom stereocenters. The molecule has 13 heteroatoms. The molecule has 2 fully saturated rings. The number of rotatable bonds is 10. The van der Waals surface area contributed by atoms with Crippen LogP contribution in [-0.4, -0.2) is 78.1 Å². The molecule has 2 aliphatic heterocycles. The summed E-state index contributed by atoms with van der Waals surface area (Å²) in [5.74, 6) is 0.461. The topological polar surface area (TPSA) is 110 Å². The van der Waals surface area contributed by atoms with Gasteiger partial charge in [0, 0.05) is 43.0 Å². The zero-order valence-corrected chi connectivity index (χ0v) is 25.4. The lowest BCUT2D eigenvalue weighted by molar-refractivity contribution is -0.127. The summed E-state index contributed by atoms with van der Waals surface area (Å²) in [6, 6.07) is 9.84. The van der Waals surface area contributed by atoms with Crippen LogP contribution in [0.3, 0.4) is 0 Å². The van der Waals surface area contributed by atoms with Gasteiger partial charge in [-0.2, -0.15) is 10.1 Å².